The molecule has 1 atom stereocenters. The quantitative estimate of drug-likeness (QED) is 0.633. The van der Waals surface area contributed by atoms with Crippen LogP contribution in [0.3, 0.4) is 0 Å². The largest absolute Gasteiger partial charge is 0.473 e. The molecule has 0 N–H and O–H groups in total. The molecule has 1 aliphatic heterocycles. The van der Waals surface area contributed by atoms with Gasteiger partial charge in [0.2, 0.25) is 5.91 Å². The zero-order chi connectivity index (χ0) is 20.4. The van der Waals surface area contributed by atoms with Gasteiger partial charge in [-0.15, -0.1) is 0 Å². The highest BCUT2D eigenvalue weighted by Crippen LogP contribution is 2.31. The van der Waals surface area contributed by atoms with Gasteiger partial charge in [-0.05, 0) is 51.3 Å². The van der Waals surface area contributed by atoms with E-state index in [4.69, 9.17) is 9.26 Å². The number of aryl methyl sites for hydroxylation is 2. The number of ether oxygens (including phenoxy) is 1. The number of carbonyl (C=O) groups excluding carboxylic acids is 1. The Kier molecular flexibility index (Phi) is 5.51. The molecule has 154 valence electrons. The summed E-state index contributed by atoms with van der Waals surface area (Å²) in [4.78, 5) is 19.4. The first-order valence-electron chi connectivity index (χ1n) is 10.2. The predicted molar refractivity (Wildman–Crippen MR) is 107 cm³/mol. The lowest BCUT2D eigenvalue weighted by Crippen LogP contribution is -2.39. The van der Waals surface area contributed by atoms with Gasteiger partial charge in [-0.3, -0.25) is 4.79 Å². The summed E-state index contributed by atoms with van der Waals surface area (Å²) in [6, 6.07) is 5.71. The minimum absolute atomic E-state index is 0.00983. The average molecular weight is 397 g/mol. The van der Waals surface area contributed by atoms with Crippen molar-refractivity contribution in [3.63, 3.8) is 0 Å². The van der Waals surface area contributed by atoms with Crippen LogP contribution in [0.15, 0.2) is 28.9 Å². The zero-order valence-corrected chi connectivity index (χ0v) is 17.2. The summed E-state index contributed by atoms with van der Waals surface area (Å²) in [6.45, 7) is 6.58. The van der Waals surface area contributed by atoms with E-state index in [9.17, 15) is 4.79 Å². The van der Waals surface area contributed by atoms with Gasteiger partial charge in [0, 0.05) is 37.7 Å². The Hall–Kier alpha value is -2.90. The lowest BCUT2D eigenvalue weighted by atomic mass is 9.98. The van der Waals surface area contributed by atoms with Gasteiger partial charge >= 0.3 is 0 Å². The van der Waals surface area contributed by atoms with Crippen LogP contribution in [0.25, 0.3) is 5.65 Å². The SMILES string of the molecule is Cc1cc2nccc(C3CCCCN3C(=O)CCc3cc(OC(C)C)no3)n2n1. The summed E-state index contributed by atoms with van der Waals surface area (Å²) >= 11 is 0. The van der Waals surface area contributed by atoms with Crippen LogP contribution in [0, 0.1) is 6.92 Å². The van der Waals surface area contributed by atoms with Crippen LogP contribution < -0.4 is 4.74 Å². The Labute approximate surface area is 169 Å². The molecule has 3 aromatic heterocycles. The molecule has 0 radical (unpaired) electrons. The van der Waals surface area contributed by atoms with E-state index in [-0.39, 0.29) is 18.1 Å². The molecule has 1 saturated heterocycles. The fourth-order valence-electron chi connectivity index (χ4n) is 3.90. The highest BCUT2D eigenvalue weighted by Gasteiger charge is 2.30. The van der Waals surface area contributed by atoms with Crippen molar-refractivity contribution in [3.8, 4) is 5.88 Å². The van der Waals surface area contributed by atoms with E-state index in [2.05, 4.69) is 15.2 Å². The summed E-state index contributed by atoms with van der Waals surface area (Å²) in [6.07, 6.45) is 5.75. The second kappa shape index (κ2) is 8.23. The van der Waals surface area contributed by atoms with Gasteiger partial charge < -0.3 is 14.2 Å². The Morgan fingerprint density at radius 1 is 1.34 bits per heavy atom. The molecule has 0 spiro atoms. The lowest BCUT2D eigenvalue weighted by Gasteiger charge is -2.36. The van der Waals surface area contributed by atoms with Crippen molar-refractivity contribution in [2.24, 2.45) is 0 Å². The van der Waals surface area contributed by atoms with Crippen molar-refractivity contribution in [1.29, 1.82) is 0 Å². The maximum atomic E-state index is 13.1. The van der Waals surface area contributed by atoms with Crippen LogP contribution in [0.5, 0.6) is 5.88 Å². The monoisotopic (exact) mass is 397 g/mol. The predicted octanol–water partition coefficient (Wildman–Crippen LogP) is 3.50. The van der Waals surface area contributed by atoms with Gasteiger partial charge in [0.15, 0.2) is 5.65 Å². The Bertz CT molecular complexity index is 993. The van der Waals surface area contributed by atoms with Crippen LogP contribution in [0.2, 0.25) is 0 Å². The molecule has 8 heteroatoms. The Balaban J connectivity index is 1.48. The second-order valence-electron chi connectivity index (χ2n) is 7.82. The number of rotatable bonds is 6. The molecule has 1 fully saturated rings. The van der Waals surface area contributed by atoms with Crippen molar-refractivity contribution in [2.75, 3.05) is 6.54 Å². The van der Waals surface area contributed by atoms with Crippen molar-refractivity contribution in [3.05, 3.63) is 41.5 Å². The standard InChI is InChI=1S/C21H27N5O3/c1-14(2)28-20-13-16(29-24-20)7-8-21(27)25-11-5-4-6-17(25)18-9-10-22-19-12-15(3)23-26(18)19/h9-10,12-14,17H,4-8,11H2,1-3H3. The Morgan fingerprint density at radius 3 is 3.03 bits per heavy atom. The number of nitrogens with zero attached hydrogens (tertiary/aromatic N) is 5. The maximum absolute atomic E-state index is 13.1. The topological polar surface area (TPSA) is 85.8 Å². The van der Waals surface area contributed by atoms with Crippen molar-refractivity contribution < 1.29 is 14.1 Å². The summed E-state index contributed by atoms with van der Waals surface area (Å²) < 4.78 is 12.7. The van der Waals surface area contributed by atoms with Crippen LogP contribution in [0.4, 0.5) is 0 Å². The van der Waals surface area contributed by atoms with Crippen molar-refractivity contribution in [2.45, 2.75) is 65.0 Å². The van der Waals surface area contributed by atoms with Gasteiger partial charge in [-0.1, -0.05) is 0 Å². The molecule has 1 amide bonds. The molecular weight excluding hydrogens is 370 g/mol. The third-order valence-electron chi connectivity index (χ3n) is 5.15. The number of fused-ring (bicyclic) bond motifs is 1. The first-order valence-corrected chi connectivity index (χ1v) is 10.2. The molecule has 3 aromatic rings. The first-order chi connectivity index (χ1) is 14.0. The summed E-state index contributed by atoms with van der Waals surface area (Å²) in [5, 5.41) is 8.49. The highest BCUT2D eigenvalue weighted by molar-refractivity contribution is 5.77. The number of hydrogen-bond donors (Lipinski definition) is 0. The second-order valence-corrected chi connectivity index (χ2v) is 7.82. The zero-order valence-electron chi connectivity index (χ0n) is 17.2. The first kappa shape index (κ1) is 19.4. The van der Waals surface area contributed by atoms with Crippen LogP contribution in [-0.2, 0) is 11.2 Å². The number of amides is 1. The third kappa shape index (κ3) is 4.26. The molecule has 1 unspecified atom stereocenters. The van der Waals surface area contributed by atoms with E-state index in [1.165, 1.54) is 0 Å². The van der Waals surface area contributed by atoms with Crippen LogP contribution in [-0.4, -0.2) is 43.2 Å². The van der Waals surface area contributed by atoms with Gasteiger partial charge in [0.05, 0.1) is 23.5 Å². The molecule has 0 bridgehead atoms. The smallest absolute Gasteiger partial charge is 0.254 e. The molecule has 4 heterocycles. The summed E-state index contributed by atoms with van der Waals surface area (Å²) in [7, 11) is 0. The Morgan fingerprint density at radius 2 is 2.21 bits per heavy atom. The van der Waals surface area contributed by atoms with E-state index in [0.29, 0.717) is 24.5 Å². The summed E-state index contributed by atoms with van der Waals surface area (Å²) in [5.74, 6) is 1.24. The number of hydrogen-bond acceptors (Lipinski definition) is 6. The minimum atomic E-state index is 0.00983. The van der Waals surface area contributed by atoms with E-state index in [1.54, 1.807) is 12.3 Å². The minimum Gasteiger partial charge on any atom is -0.473 e. The van der Waals surface area contributed by atoms with Crippen LogP contribution >= 0.6 is 0 Å². The average Bonchev–Trinajstić information content (AvgIpc) is 3.30. The molecule has 4 rings (SSSR count). The molecule has 0 saturated carbocycles. The number of carbonyl (C=O) groups is 1. The van der Waals surface area contributed by atoms with Gasteiger partial charge in [0.1, 0.15) is 5.76 Å². The van der Waals surface area contributed by atoms with Gasteiger partial charge in [-0.2, -0.15) is 5.10 Å². The number of aromatic nitrogens is 4. The van der Waals surface area contributed by atoms with Crippen LogP contribution in [0.1, 0.15) is 62.7 Å². The van der Waals surface area contributed by atoms with E-state index >= 15 is 0 Å². The molecule has 1 aliphatic rings. The van der Waals surface area contributed by atoms with E-state index in [1.807, 2.05) is 42.3 Å². The number of likely N-dealkylation sites (tertiary alicyclic amines) is 1. The fourth-order valence-corrected chi connectivity index (χ4v) is 3.90. The van der Waals surface area contributed by atoms with Gasteiger partial charge in [-0.25, -0.2) is 9.50 Å². The molecular formula is C21H27N5O3. The van der Waals surface area contributed by atoms with Crippen molar-refractivity contribution >= 4 is 11.6 Å². The third-order valence-corrected chi connectivity index (χ3v) is 5.15. The summed E-state index contributed by atoms with van der Waals surface area (Å²) in [5.41, 5.74) is 2.75. The number of piperidine rings is 1. The normalized spacial score (nSPS) is 17.2. The van der Waals surface area contributed by atoms with E-state index < -0.39 is 0 Å². The van der Waals surface area contributed by atoms with Crippen molar-refractivity contribution in [1.82, 2.24) is 24.7 Å². The van der Waals surface area contributed by atoms with E-state index in [0.717, 1.165) is 42.8 Å². The molecule has 8 nitrogen and oxygen atoms in total. The molecule has 29 heavy (non-hydrogen) atoms. The molecule has 0 aliphatic carbocycles. The fraction of sp³-hybridized carbons (Fsp3) is 0.524. The maximum Gasteiger partial charge on any atom is 0.254 e. The van der Waals surface area contributed by atoms with Gasteiger partial charge in [0.25, 0.3) is 5.88 Å². The lowest BCUT2D eigenvalue weighted by molar-refractivity contribution is -0.135. The molecule has 0 aromatic carbocycles. The highest BCUT2D eigenvalue weighted by atomic mass is 16.5.